The highest BCUT2D eigenvalue weighted by Crippen LogP contribution is 2.29. The first kappa shape index (κ1) is 14.8. The van der Waals surface area contributed by atoms with Crippen molar-refractivity contribution < 1.29 is 23.1 Å². The molecule has 0 spiro atoms. The maximum absolute atomic E-state index is 11.6. The number of primary sulfonamides is 1. The summed E-state index contributed by atoms with van der Waals surface area (Å²) in [7, 11) is -4.03. The molecule has 7 heteroatoms. The van der Waals surface area contributed by atoms with Crippen LogP contribution >= 0.6 is 0 Å². The van der Waals surface area contributed by atoms with Crippen molar-refractivity contribution in [1.82, 2.24) is 0 Å². The Bertz CT molecular complexity index is 605. The van der Waals surface area contributed by atoms with Gasteiger partial charge in [0.1, 0.15) is 10.6 Å². The number of ether oxygens (including phenoxy) is 1. The van der Waals surface area contributed by atoms with Gasteiger partial charge < -0.3 is 9.84 Å². The predicted octanol–water partition coefficient (Wildman–Crippen LogP) is 1.74. The van der Waals surface area contributed by atoms with Gasteiger partial charge in [-0.15, -0.1) is 0 Å². The number of nitrogens with two attached hydrogens (primary N) is 1. The number of aromatic carboxylic acids is 1. The number of hydrogen-bond donors (Lipinski definition) is 2. The van der Waals surface area contributed by atoms with E-state index in [9.17, 15) is 13.2 Å². The molecule has 1 aliphatic carbocycles. The molecule has 1 fully saturated rings. The van der Waals surface area contributed by atoms with Crippen LogP contribution in [0.1, 0.15) is 42.5 Å². The lowest BCUT2D eigenvalue weighted by Crippen LogP contribution is -2.22. The molecular formula is C13H17NO5S. The third-order valence-corrected chi connectivity index (χ3v) is 4.28. The van der Waals surface area contributed by atoms with Crippen LogP contribution in [0.5, 0.6) is 5.75 Å². The van der Waals surface area contributed by atoms with E-state index in [1.807, 2.05) is 0 Å². The highest BCUT2D eigenvalue weighted by molar-refractivity contribution is 7.89. The van der Waals surface area contributed by atoms with Crippen molar-refractivity contribution in [2.75, 3.05) is 0 Å². The second-order valence-corrected chi connectivity index (χ2v) is 6.42. The minimum atomic E-state index is -4.03. The van der Waals surface area contributed by atoms with E-state index in [1.165, 1.54) is 12.1 Å². The normalized spacial score (nSPS) is 16.9. The average Bonchev–Trinajstić information content (AvgIpc) is 2.39. The monoisotopic (exact) mass is 299 g/mol. The number of hydrogen-bond acceptors (Lipinski definition) is 4. The lowest BCUT2D eigenvalue weighted by molar-refractivity contribution is 0.0696. The van der Waals surface area contributed by atoms with E-state index >= 15 is 0 Å². The quantitative estimate of drug-likeness (QED) is 0.880. The summed E-state index contributed by atoms with van der Waals surface area (Å²) in [6, 6.07) is 3.71. The molecule has 0 aromatic heterocycles. The second kappa shape index (κ2) is 5.80. The Morgan fingerprint density at radius 3 is 2.45 bits per heavy atom. The molecule has 3 N–H and O–H groups in total. The summed E-state index contributed by atoms with van der Waals surface area (Å²) >= 11 is 0. The van der Waals surface area contributed by atoms with E-state index in [2.05, 4.69) is 0 Å². The second-order valence-electron chi connectivity index (χ2n) is 4.89. The number of carbonyl (C=O) groups is 1. The van der Waals surface area contributed by atoms with E-state index in [-0.39, 0.29) is 22.3 Å². The van der Waals surface area contributed by atoms with Crippen LogP contribution in [0.25, 0.3) is 0 Å². The molecule has 0 aliphatic heterocycles. The van der Waals surface area contributed by atoms with E-state index in [0.717, 1.165) is 38.2 Å². The van der Waals surface area contributed by atoms with Gasteiger partial charge >= 0.3 is 5.97 Å². The third kappa shape index (κ3) is 3.49. The molecule has 110 valence electrons. The molecule has 0 bridgehead atoms. The Labute approximate surface area is 117 Å². The molecule has 0 radical (unpaired) electrons. The molecule has 0 heterocycles. The first-order valence-electron chi connectivity index (χ1n) is 6.45. The minimum absolute atomic E-state index is 0.0417. The molecular weight excluding hydrogens is 282 g/mol. The van der Waals surface area contributed by atoms with Crippen LogP contribution in [-0.4, -0.2) is 25.6 Å². The summed E-state index contributed by atoms with van der Waals surface area (Å²) in [5, 5.41) is 14.0. The number of carboxylic acids is 1. The Balaban J connectivity index is 2.33. The van der Waals surface area contributed by atoms with Gasteiger partial charge in [0.25, 0.3) is 0 Å². The SMILES string of the molecule is NS(=O)(=O)c1cc(C(=O)O)ccc1OC1CCCCC1. The van der Waals surface area contributed by atoms with Crippen LogP contribution in [0, 0.1) is 0 Å². The van der Waals surface area contributed by atoms with Gasteiger partial charge in [-0.05, 0) is 43.9 Å². The maximum atomic E-state index is 11.6. The van der Waals surface area contributed by atoms with Gasteiger partial charge in [0.05, 0.1) is 11.7 Å². The molecule has 20 heavy (non-hydrogen) atoms. The van der Waals surface area contributed by atoms with Gasteiger partial charge in [-0.3, -0.25) is 0 Å². The molecule has 1 saturated carbocycles. The van der Waals surface area contributed by atoms with Crippen LogP contribution < -0.4 is 9.88 Å². The Morgan fingerprint density at radius 2 is 1.90 bits per heavy atom. The van der Waals surface area contributed by atoms with Crippen molar-refractivity contribution in [3.05, 3.63) is 23.8 Å². The van der Waals surface area contributed by atoms with E-state index in [0.29, 0.717) is 0 Å². The van der Waals surface area contributed by atoms with Gasteiger partial charge in [-0.1, -0.05) is 6.42 Å². The van der Waals surface area contributed by atoms with Crippen LogP contribution in [-0.2, 0) is 10.0 Å². The standard InChI is InChI=1S/C13H17NO5S/c14-20(17,18)12-8-9(13(15)16)6-7-11(12)19-10-4-2-1-3-5-10/h6-8,10H,1-5H2,(H,15,16)(H2,14,17,18). The maximum Gasteiger partial charge on any atom is 0.335 e. The molecule has 0 atom stereocenters. The Hall–Kier alpha value is -1.60. The Kier molecular flexibility index (Phi) is 4.29. The highest BCUT2D eigenvalue weighted by atomic mass is 32.2. The number of rotatable bonds is 4. The van der Waals surface area contributed by atoms with E-state index in [4.69, 9.17) is 15.0 Å². The predicted molar refractivity (Wildman–Crippen MR) is 72.3 cm³/mol. The summed E-state index contributed by atoms with van der Waals surface area (Å²) in [5.41, 5.74) is -0.134. The smallest absolute Gasteiger partial charge is 0.335 e. The molecule has 1 aromatic carbocycles. The molecule has 1 aliphatic rings. The first-order chi connectivity index (χ1) is 9.38. The Morgan fingerprint density at radius 1 is 1.25 bits per heavy atom. The lowest BCUT2D eigenvalue weighted by Gasteiger charge is -2.24. The molecule has 1 aromatic rings. The van der Waals surface area contributed by atoms with Gasteiger partial charge in [0.2, 0.25) is 10.0 Å². The van der Waals surface area contributed by atoms with Crippen LogP contribution in [0.2, 0.25) is 0 Å². The van der Waals surface area contributed by atoms with E-state index in [1.54, 1.807) is 0 Å². The van der Waals surface area contributed by atoms with Crippen LogP contribution in [0.3, 0.4) is 0 Å². The number of sulfonamides is 1. The van der Waals surface area contributed by atoms with Crippen LogP contribution in [0.15, 0.2) is 23.1 Å². The summed E-state index contributed by atoms with van der Waals surface area (Å²) in [5.74, 6) is -1.08. The fourth-order valence-corrected chi connectivity index (χ4v) is 3.01. The summed E-state index contributed by atoms with van der Waals surface area (Å²) in [6.45, 7) is 0. The fraction of sp³-hybridized carbons (Fsp3) is 0.462. The van der Waals surface area contributed by atoms with Crippen molar-refractivity contribution in [3.63, 3.8) is 0 Å². The zero-order valence-electron chi connectivity index (χ0n) is 10.9. The first-order valence-corrected chi connectivity index (χ1v) is 7.99. The third-order valence-electron chi connectivity index (χ3n) is 3.34. The molecule has 0 unspecified atom stereocenters. The molecule has 0 amide bonds. The summed E-state index contributed by atoms with van der Waals surface area (Å²) < 4.78 is 28.8. The van der Waals surface area contributed by atoms with Crippen LogP contribution in [0.4, 0.5) is 0 Å². The minimum Gasteiger partial charge on any atom is -0.489 e. The number of benzene rings is 1. The fourth-order valence-electron chi connectivity index (χ4n) is 2.32. The van der Waals surface area contributed by atoms with Crippen molar-refractivity contribution in [2.24, 2.45) is 5.14 Å². The summed E-state index contributed by atoms with van der Waals surface area (Å²) in [4.78, 5) is 10.6. The highest BCUT2D eigenvalue weighted by Gasteiger charge is 2.22. The van der Waals surface area contributed by atoms with Gasteiger partial charge in [0, 0.05) is 0 Å². The van der Waals surface area contributed by atoms with E-state index < -0.39 is 16.0 Å². The zero-order chi connectivity index (χ0) is 14.8. The molecule has 6 nitrogen and oxygen atoms in total. The largest absolute Gasteiger partial charge is 0.489 e. The topological polar surface area (TPSA) is 107 Å². The van der Waals surface area contributed by atoms with Gasteiger partial charge in [0.15, 0.2) is 0 Å². The summed E-state index contributed by atoms with van der Waals surface area (Å²) in [6.07, 6.45) is 4.93. The van der Waals surface area contributed by atoms with Gasteiger partial charge in [-0.25, -0.2) is 18.4 Å². The number of carboxylic acid groups (broad SMARTS) is 1. The molecule has 2 rings (SSSR count). The van der Waals surface area contributed by atoms with Crippen molar-refractivity contribution in [2.45, 2.75) is 43.1 Å². The lowest BCUT2D eigenvalue weighted by atomic mass is 9.98. The molecule has 0 saturated heterocycles. The van der Waals surface area contributed by atoms with Crippen molar-refractivity contribution in [1.29, 1.82) is 0 Å². The van der Waals surface area contributed by atoms with Crippen molar-refractivity contribution >= 4 is 16.0 Å². The average molecular weight is 299 g/mol. The van der Waals surface area contributed by atoms with Crippen molar-refractivity contribution in [3.8, 4) is 5.75 Å². The van der Waals surface area contributed by atoms with Gasteiger partial charge in [-0.2, -0.15) is 0 Å². The zero-order valence-corrected chi connectivity index (χ0v) is 11.7.